The monoisotopic (exact) mass is 324 g/mol. The number of rotatable bonds is 6. The molecule has 6 heteroatoms. The number of nitrogens with one attached hydrogen (secondary N) is 1. The first-order valence-corrected chi connectivity index (χ1v) is 8.27. The van der Waals surface area contributed by atoms with Crippen LogP contribution in [0.25, 0.3) is 0 Å². The van der Waals surface area contributed by atoms with E-state index in [0.717, 1.165) is 13.1 Å². The molecule has 1 amide bonds. The topological polar surface area (TPSA) is 74.9 Å². The summed E-state index contributed by atoms with van der Waals surface area (Å²) < 4.78 is 10.9. The number of aliphatic hydroxyl groups is 1. The number of nitrogens with zero attached hydrogens (tertiary/aromatic N) is 1. The van der Waals surface area contributed by atoms with Crippen molar-refractivity contribution in [1.29, 1.82) is 0 Å². The van der Waals surface area contributed by atoms with Crippen LogP contribution >= 0.6 is 0 Å². The highest BCUT2D eigenvalue weighted by molar-refractivity contribution is 5.82. The Labute approximate surface area is 137 Å². The second-order valence-electron chi connectivity index (χ2n) is 6.68. The van der Waals surface area contributed by atoms with E-state index in [2.05, 4.69) is 10.2 Å². The molecule has 130 valence electrons. The van der Waals surface area contributed by atoms with Gasteiger partial charge in [-0.3, -0.25) is 9.69 Å². The molecule has 1 aliphatic rings. The summed E-state index contributed by atoms with van der Waals surface area (Å²) in [6, 6.07) is 3.18. The summed E-state index contributed by atoms with van der Waals surface area (Å²) in [5, 5.41) is 12.9. The number of ether oxygens (including phenoxy) is 1. The van der Waals surface area contributed by atoms with Gasteiger partial charge in [0, 0.05) is 13.1 Å². The molecule has 0 aromatic carbocycles. The summed E-state index contributed by atoms with van der Waals surface area (Å²) in [6.45, 7) is 9.75. The first-order chi connectivity index (χ1) is 10.9. The van der Waals surface area contributed by atoms with Crippen molar-refractivity contribution in [3.63, 3.8) is 0 Å². The summed E-state index contributed by atoms with van der Waals surface area (Å²) in [5.41, 5.74) is 0. The molecule has 0 radical (unpaired) electrons. The van der Waals surface area contributed by atoms with Crippen LogP contribution in [0.2, 0.25) is 0 Å². The minimum atomic E-state index is -0.829. The Morgan fingerprint density at radius 1 is 1.39 bits per heavy atom. The van der Waals surface area contributed by atoms with Crippen LogP contribution in [0.4, 0.5) is 0 Å². The van der Waals surface area contributed by atoms with Crippen LogP contribution in [0.15, 0.2) is 22.8 Å². The van der Waals surface area contributed by atoms with Gasteiger partial charge >= 0.3 is 0 Å². The molecule has 23 heavy (non-hydrogen) atoms. The number of hydrogen-bond donors (Lipinski definition) is 2. The lowest BCUT2D eigenvalue weighted by molar-refractivity contribution is -0.135. The van der Waals surface area contributed by atoms with Gasteiger partial charge in [0.1, 0.15) is 11.9 Å². The zero-order chi connectivity index (χ0) is 17.0. The highest BCUT2D eigenvalue weighted by atomic mass is 16.5. The number of morpholine rings is 1. The standard InChI is InChI=1S/C17H28N2O4/c1-11(2)16(19-9-12(3)23-13(4)10-19)17(21)18-8-14(20)15-6-5-7-22-15/h5-7,11-14,16,20H,8-10H2,1-4H3,(H,18,21). The Bertz CT molecular complexity index is 479. The van der Waals surface area contributed by atoms with Crippen molar-refractivity contribution < 1.29 is 19.1 Å². The van der Waals surface area contributed by atoms with Gasteiger partial charge in [-0.25, -0.2) is 0 Å². The number of furan rings is 1. The van der Waals surface area contributed by atoms with E-state index in [0.29, 0.717) is 5.76 Å². The van der Waals surface area contributed by atoms with Crippen LogP contribution in [-0.2, 0) is 9.53 Å². The first kappa shape index (κ1) is 18.0. The molecular weight excluding hydrogens is 296 g/mol. The van der Waals surface area contributed by atoms with Crippen LogP contribution in [-0.4, -0.2) is 53.8 Å². The zero-order valence-corrected chi connectivity index (χ0v) is 14.4. The van der Waals surface area contributed by atoms with Crippen LogP contribution < -0.4 is 5.32 Å². The molecule has 1 aromatic rings. The van der Waals surface area contributed by atoms with E-state index in [4.69, 9.17) is 9.15 Å². The van der Waals surface area contributed by atoms with Crippen LogP contribution in [0.5, 0.6) is 0 Å². The molecule has 6 nitrogen and oxygen atoms in total. The second kappa shape index (κ2) is 7.95. The van der Waals surface area contributed by atoms with E-state index in [9.17, 15) is 9.90 Å². The quantitative estimate of drug-likeness (QED) is 0.831. The summed E-state index contributed by atoms with van der Waals surface area (Å²) in [4.78, 5) is 14.8. The lowest BCUT2D eigenvalue weighted by atomic mass is 9.99. The predicted octanol–water partition coefficient (Wildman–Crippen LogP) is 1.56. The van der Waals surface area contributed by atoms with E-state index >= 15 is 0 Å². The first-order valence-electron chi connectivity index (χ1n) is 8.27. The molecule has 1 aromatic heterocycles. The van der Waals surface area contributed by atoms with Gasteiger partial charge in [0.2, 0.25) is 5.91 Å². The molecular formula is C17H28N2O4. The van der Waals surface area contributed by atoms with Gasteiger partial charge in [0.05, 0.1) is 31.1 Å². The van der Waals surface area contributed by atoms with E-state index in [1.807, 2.05) is 27.7 Å². The molecule has 1 aliphatic heterocycles. The minimum absolute atomic E-state index is 0.0630. The summed E-state index contributed by atoms with van der Waals surface area (Å²) in [7, 11) is 0. The Hall–Kier alpha value is -1.37. The second-order valence-corrected chi connectivity index (χ2v) is 6.68. The number of aliphatic hydroxyl groups excluding tert-OH is 1. The van der Waals surface area contributed by atoms with Gasteiger partial charge in [0.15, 0.2) is 0 Å². The maximum Gasteiger partial charge on any atom is 0.237 e. The fourth-order valence-corrected chi connectivity index (χ4v) is 3.22. The van der Waals surface area contributed by atoms with Crippen molar-refractivity contribution in [2.24, 2.45) is 5.92 Å². The van der Waals surface area contributed by atoms with Crippen molar-refractivity contribution in [3.05, 3.63) is 24.2 Å². The van der Waals surface area contributed by atoms with E-state index < -0.39 is 6.10 Å². The van der Waals surface area contributed by atoms with Crippen molar-refractivity contribution in [3.8, 4) is 0 Å². The molecule has 4 unspecified atom stereocenters. The summed E-state index contributed by atoms with van der Waals surface area (Å²) >= 11 is 0. The van der Waals surface area contributed by atoms with Crippen molar-refractivity contribution >= 4 is 5.91 Å². The molecule has 1 saturated heterocycles. The SMILES string of the molecule is CC1CN(C(C(=O)NCC(O)c2ccco2)C(C)C)CC(C)O1. The Morgan fingerprint density at radius 3 is 2.57 bits per heavy atom. The fourth-order valence-electron chi connectivity index (χ4n) is 3.22. The van der Waals surface area contributed by atoms with Crippen LogP contribution in [0.1, 0.15) is 39.6 Å². The largest absolute Gasteiger partial charge is 0.467 e. The minimum Gasteiger partial charge on any atom is -0.467 e. The number of hydrogen-bond acceptors (Lipinski definition) is 5. The van der Waals surface area contributed by atoms with Gasteiger partial charge in [-0.2, -0.15) is 0 Å². The summed E-state index contributed by atoms with van der Waals surface area (Å²) in [5.74, 6) is 0.570. The van der Waals surface area contributed by atoms with E-state index in [1.54, 1.807) is 12.1 Å². The highest BCUT2D eigenvalue weighted by Gasteiger charge is 2.34. The van der Waals surface area contributed by atoms with E-state index in [1.165, 1.54) is 6.26 Å². The van der Waals surface area contributed by atoms with Crippen molar-refractivity contribution in [2.75, 3.05) is 19.6 Å². The smallest absolute Gasteiger partial charge is 0.237 e. The molecule has 1 fully saturated rings. The molecule has 0 aliphatic carbocycles. The van der Waals surface area contributed by atoms with Crippen LogP contribution in [0.3, 0.4) is 0 Å². The average molecular weight is 324 g/mol. The third kappa shape index (κ3) is 4.80. The molecule has 4 atom stereocenters. The van der Waals surface area contributed by atoms with Crippen molar-refractivity contribution in [2.45, 2.75) is 52.0 Å². The van der Waals surface area contributed by atoms with Crippen LogP contribution in [0, 0.1) is 5.92 Å². The molecule has 0 bridgehead atoms. The zero-order valence-electron chi connectivity index (χ0n) is 14.4. The third-order valence-electron chi connectivity index (χ3n) is 4.08. The summed E-state index contributed by atoms with van der Waals surface area (Å²) in [6.07, 6.45) is 0.903. The number of amides is 1. The number of carbonyl (C=O) groups excluding carboxylic acids is 1. The molecule has 2 rings (SSSR count). The number of carbonyl (C=O) groups is 1. The van der Waals surface area contributed by atoms with E-state index in [-0.39, 0.29) is 36.6 Å². The molecule has 0 spiro atoms. The van der Waals surface area contributed by atoms with Crippen molar-refractivity contribution in [1.82, 2.24) is 10.2 Å². The van der Waals surface area contributed by atoms with Gasteiger partial charge in [-0.05, 0) is 31.9 Å². The third-order valence-corrected chi connectivity index (χ3v) is 4.08. The van der Waals surface area contributed by atoms with Gasteiger partial charge in [0.25, 0.3) is 0 Å². The fraction of sp³-hybridized carbons (Fsp3) is 0.706. The molecule has 2 heterocycles. The van der Waals surface area contributed by atoms with Gasteiger partial charge < -0.3 is 19.6 Å². The predicted molar refractivity (Wildman–Crippen MR) is 86.9 cm³/mol. The normalized spacial score (nSPS) is 25.3. The maximum absolute atomic E-state index is 12.6. The highest BCUT2D eigenvalue weighted by Crippen LogP contribution is 2.19. The van der Waals surface area contributed by atoms with Gasteiger partial charge in [-0.15, -0.1) is 0 Å². The Morgan fingerprint density at radius 2 is 2.04 bits per heavy atom. The maximum atomic E-state index is 12.6. The Balaban J connectivity index is 1.95. The average Bonchev–Trinajstić information content (AvgIpc) is 2.97. The lowest BCUT2D eigenvalue weighted by Gasteiger charge is -2.41. The van der Waals surface area contributed by atoms with Gasteiger partial charge in [-0.1, -0.05) is 13.8 Å². The molecule has 2 N–H and O–H groups in total. The Kier molecular flexibility index (Phi) is 6.21. The molecule has 0 saturated carbocycles. The lowest BCUT2D eigenvalue weighted by Crippen LogP contribution is -2.57.